The third-order valence-electron chi connectivity index (χ3n) is 4.08. The molecular formula is C17H22O6. The minimum atomic E-state index is -1.40. The normalized spacial score (nSPS) is 32.7. The van der Waals surface area contributed by atoms with E-state index in [4.69, 9.17) is 18.9 Å². The Morgan fingerprint density at radius 1 is 1.17 bits per heavy atom. The van der Waals surface area contributed by atoms with Crippen molar-refractivity contribution in [2.45, 2.75) is 37.6 Å². The van der Waals surface area contributed by atoms with Crippen LogP contribution in [0.3, 0.4) is 0 Å². The Hall–Kier alpha value is -1.73. The largest absolute Gasteiger partial charge is 0.425 e. The van der Waals surface area contributed by atoms with Crippen molar-refractivity contribution in [1.29, 1.82) is 0 Å². The van der Waals surface area contributed by atoms with Crippen LogP contribution in [-0.4, -0.2) is 49.1 Å². The molecule has 126 valence electrons. The van der Waals surface area contributed by atoms with Crippen molar-refractivity contribution < 1.29 is 28.8 Å². The molecule has 0 saturated carbocycles. The van der Waals surface area contributed by atoms with Crippen molar-refractivity contribution in [3.05, 3.63) is 42.0 Å². The van der Waals surface area contributed by atoms with Gasteiger partial charge in [-0.3, -0.25) is 0 Å². The molecule has 23 heavy (non-hydrogen) atoms. The number of cyclic esters (lactones) is 1. The number of aliphatic hydroxyl groups is 1. The Balaban J connectivity index is 2.16. The number of methoxy groups -OCH3 is 2. The molecule has 1 aliphatic rings. The third kappa shape index (κ3) is 3.45. The molecule has 1 N–H and O–H groups in total. The van der Waals surface area contributed by atoms with Crippen LogP contribution in [-0.2, 0) is 23.7 Å². The van der Waals surface area contributed by atoms with Crippen molar-refractivity contribution in [1.82, 2.24) is 0 Å². The summed E-state index contributed by atoms with van der Waals surface area (Å²) in [6, 6.07) is 9.41. The number of benzene rings is 1. The van der Waals surface area contributed by atoms with Gasteiger partial charge in [-0.1, -0.05) is 42.5 Å². The highest BCUT2D eigenvalue weighted by molar-refractivity contribution is 5.77. The van der Waals surface area contributed by atoms with Gasteiger partial charge in [-0.15, -0.1) is 0 Å². The maximum Gasteiger partial charge on any atom is 0.341 e. The maximum atomic E-state index is 12.1. The van der Waals surface area contributed by atoms with Crippen LogP contribution in [0.2, 0.25) is 0 Å². The van der Waals surface area contributed by atoms with Gasteiger partial charge in [0.2, 0.25) is 5.79 Å². The molecule has 0 amide bonds. The Morgan fingerprint density at radius 3 is 2.35 bits per heavy atom. The Labute approximate surface area is 135 Å². The van der Waals surface area contributed by atoms with Crippen molar-refractivity contribution in [3.63, 3.8) is 0 Å². The number of hydrogen-bond acceptors (Lipinski definition) is 6. The zero-order chi connectivity index (χ0) is 17.1. The Morgan fingerprint density at radius 2 is 1.78 bits per heavy atom. The van der Waals surface area contributed by atoms with Crippen LogP contribution in [0.1, 0.15) is 19.4 Å². The van der Waals surface area contributed by atoms with E-state index in [2.05, 4.69) is 0 Å². The summed E-state index contributed by atoms with van der Waals surface area (Å²) < 4.78 is 21.5. The van der Waals surface area contributed by atoms with Crippen LogP contribution < -0.4 is 0 Å². The molecule has 0 aromatic heterocycles. The van der Waals surface area contributed by atoms with Crippen molar-refractivity contribution >= 4 is 12.0 Å². The molecule has 6 heteroatoms. The Bertz CT molecular complexity index is 572. The van der Waals surface area contributed by atoms with E-state index in [-0.39, 0.29) is 0 Å². The van der Waals surface area contributed by atoms with E-state index < -0.39 is 29.8 Å². The van der Waals surface area contributed by atoms with Crippen LogP contribution in [0.4, 0.5) is 0 Å². The molecule has 0 bridgehead atoms. The van der Waals surface area contributed by atoms with Crippen LogP contribution in [0.25, 0.3) is 6.08 Å². The summed E-state index contributed by atoms with van der Waals surface area (Å²) in [4.78, 5) is 12.1. The summed E-state index contributed by atoms with van der Waals surface area (Å²) in [6.45, 7) is 3.13. The van der Waals surface area contributed by atoms with Gasteiger partial charge in [-0.05, 0) is 12.5 Å². The summed E-state index contributed by atoms with van der Waals surface area (Å²) in [6.07, 6.45) is 0.796. The van der Waals surface area contributed by atoms with Gasteiger partial charge in [0.1, 0.15) is 6.10 Å². The van der Waals surface area contributed by atoms with Gasteiger partial charge in [-0.25, -0.2) is 4.79 Å². The number of carbonyl (C=O) groups excluding carboxylic acids is 1. The molecule has 0 spiro atoms. The van der Waals surface area contributed by atoms with Crippen molar-refractivity contribution in [2.75, 3.05) is 14.2 Å². The first-order valence-corrected chi connectivity index (χ1v) is 7.27. The molecule has 0 radical (unpaired) electrons. The first-order chi connectivity index (χ1) is 10.8. The fourth-order valence-electron chi connectivity index (χ4n) is 2.28. The molecule has 0 aliphatic carbocycles. The molecule has 6 nitrogen and oxygen atoms in total. The van der Waals surface area contributed by atoms with Gasteiger partial charge in [0.05, 0.1) is 0 Å². The standard InChI is InChI=1S/C17H22O6/c1-16(20-3)17(2,21-4)23-15(19)14(22-16)13(18)11-10-12-8-6-5-7-9-12/h5-11,13-14,18H,1-4H3/b11-10+/t13-,14-,16+,17+/m1/s1. The van der Waals surface area contributed by atoms with Gasteiger partial charge in [0, 0.05) is 21.1 Å². The van der Waals surface area contributed by atoms with E-state index in [1.165, 1.54) is 27.2 Å². The van der Waals surface area contributed by atoms with E-state index in [0.717, 1.165) is 5.56 Å². The zero-order valence-corrected chi connectivity index (χ0v) is 13.7. The number of aliphatic hydroxyl groups excluding tert-OH is 1. The first kappa shape index (κ1) is 17.6. The molecule has 2 rings (SSSR count). The van der Waals surface area contributed by atoms with Gasteiger partial charge in [0.15, 0.2) is 6.10 Å². The average Bonchev–Trinajstić information content (AvgIpc) is 2.57. The smallest absolute Gasteiger partial charge is 0.341 e. The minimum Gasteiger partial charge on any atom is -0.425 e. The molecule has 1 aromatic rings. The van der Waals surface area contributed by atoms with Gasteiger partial charge >= 0.3 is 5.97 Å². The summed E-state index contributed by atoms with van der Waals surface area (Å²) in [5.41, 5.74) is 0.895. The number of ether oxygens (including phenoxy) is 4. The molecule has 1 fully saturated rings. The first-order valence-electron chi connectivity index (χ1n) is 7.27. The van der Waals surface area contributed by atoms with Crippen LogP contribution >= 0.6 is 0 Å². The number of hydrogen-bond donors (Lipinski definition) is 1. The van der Waals surface area contributed by atoms with E-state index in [1.54, 1.807) is 13.0 Å². The van der Waals surface area contributed by atoms with E-state index >= 15 is 0 Å². The average molecular weight is 322 g/mol. The lowest BCUT2D eigenvalue weighted by molar-refractivity contribution is -0.409. The molecular weight excluding hydrogens is 300 g/mol. The van der Waals surface area contributed by atoms with E-state index in [1.807, 2.05) is 30.3 Å². The second kappa shape index (κ2) is 6.80. The van der Waals surface area contributed by atoms with Crippen molar-refractivity contribution in [2.24, 2.45) is 0 Å². The number of carbonyl (C=O) groups is 1. The van der Waals surface area contributed by atoms with E-state index in [9.17, 15) is 9.90 Å². The lowest BCUT2D eigenvalue weighted by atomic mass is 10.0. The predicted molar refractivity (Wildman–Crippen MR) is 83.3 cm³/mol. The second-order valence-corrected chi connectivity index (χ2v) is 5.52. The second-order valence-electron chi connectivity index (χ2n) is 5.52. The highest BCUT2D eigenvalue weighted by Gasteiger charge is 2.58. The lowest BCUT2D eigenvalue weighted by Gasteiger charge is -2.48. The van der Waals surface area contributed by atoms with Gasteiger partial charge in [-0.2, -0.15) is 0 Å². The Kier molecular flexibility index (Phi) is 5.21. The van der Waals surface area contributed by atoms with Gasteiger partial charge in [0.25, 0.3) is 5.79 Å². The third-order valence-corrected chi connectivity index (χ3v) is 4.08. The number of rotatable bonds is 5. The monoisotopic (exact) mass is 322 g/mol. The van der Waals surface area contributed by atoms with Crippen LogP contribution in [0.5, 0.6) is 0 Å². The quantitative estimate of drug-likeness (QED) is 0.832. The molecule has 1 saturated heterocycles. The minimum absolute atomic E-state index is 0.714. The van der Waals surface area contributed by atoms with Crippen LogP contribution in [0, 0.1) is 0 Å². The molecule has 1 aromatic carbocycles. The fourth-order valence-corrected chi connectivity index (χ4v) is 2.28. The summed E-state index contributed by atoms with van der Waals surface area (Å²) in [5.74, 6) is -3.46. The maximum absolute atomic E-state index is 12.1. The van der Waals surface area contributed by atoms with Crippen LogP contribution in [0.15, 0.2) is 36.4 Å². The zero-order valence-electron chi connectivity index (χ0n) is 13.7. The SMILES string of the molecule is CO[C@@]1(C)OC(=O)[C@@H]([C@H](O)/C=C/c2ccccc2)O[C@]1(C)OC. The topological polar surface area (TPSA) is 74.2 Å². The molecule has 4 atom stereocenters. The number of esters is 1. The lowest BCUT2D eigenvalue weighted by Crippen LogP contribution is -2.65. The molecule has 0 unspecified atom stereocenters. The highest BCUT2D eigenvalue weighted by atomic mass is 16.8. The summed E-state index contributed by atoms with van der Waals surface area (Å²) >= 11 is 0. The summed E-state index contributed by atoms with van der Waals surface area (Å²) in [5, 5.41) is 10.3. The van der Waals surface area contributed by atoms with Gasteiger partial charge < -0.3 is 24.1 Å². The van der Waals surface area contributed by atoms with Crippen molar-refractivity contribution in [3.8, 4) is 0 Å². The predicted octanol–water partition coefficient (Wildman–Crippen LogP) is 1.73. The highest BCUT2D eigenvalue weighted by Crippen LogP contribution is 2.37. The van der Waals surface area contributed by atoms with E-state index in [0.29, 0.717) is 0 Å². The fraction of sp³-hybridized carbons (Fsp3) is 0.471. The molecule has 1 aliphatic heterocycles. The molecule has 1 heterocycles. The summed E-state index contributed by atoms with van der Waals surface area (Å²) in [7, 11) is 2.81.